The van der Waals surface area contributed by atoms with Gasteiger partial charge in [0, 0.05) is 18.7 Å². The number of amides is 1. The molecule has 0 radical (unpaired) electrons. The van der Waals surface area contributed by atoms with E-state index in [1.54, 1.807) is 11.1 Å². The lowest BCUT2D eigenvalue weighted by Gasteiger charge is -2.37. The van der Waals surface area contributed by atoms with Gasteiger partial charge in [-0.05, 0) is 34.1 Å². The second-order valence-corrected chi connectivity index (χ2v) is 7.08. The zero-order valence-electron chi connectivity index (χ0n) is 14.7. The lowest BCUT2D eigenvalue weighted by molar-refractivity contribution is -0.0345. The molecule has 2 heterocycles. The molecule has 1 amide bonds. The average Bonchev–Trinajstić information content (AvgIpc) is 2.45. The molecule has 134 valence electrons. The number of nitrogens with zero attached hydrogens (tertiary/aromatic N) is 2. The van der Waals surface area contributed by atoms with Crippen molar-refractivity contribution in [2.45, 2.75) is 51.8 Å². The first kappa shape index (κ1) is 18.4. The molecule has 2 unspecified atom stereocenters. The van der Waals surface area contributed by atoms with Crippen molar-refractivity contribution in [2.75, 3.05) is 25.1 Å². The van der Waals surface area contributed by atoms with E-state index >= 15 is 0 Å². The highest BCUT2D eigenvalue weighted by Gasteiger charge is 2.31. The molecule has 1 N–H and O–H groups in total. The fourth-order valence-corrected chi connectivity index (χ4v) is 2.65. The first-order valence-electron chi connectivity index (χ1n) is 8.19. The third kappa shape index (κ3) is 5.63. The zero-order chi connectivity index (χ0) is 17.7. The molecule has 1 saturated heterocycles. The van der Waals surface area contributed by atoms with Gasteiger partial charge >= 0.3 is 6.09 Å². The largest absolute Gasteiger partial charge is 0.444 e. The summed E-state index contributed by atoms with van der Waals surface area (Å²) in [4.78, 5) is 17.9. The van der Waals surface area contributed by atoms with Crippen LogP contribution < -0.4 is 5.32 Å². The second kappa shape index (κ2) is 7.79. The number of pyridine rings is 1. The maximum atomic E-state index is 13.2. The van der Waals surface area contributed by atoms with E-state index in [4.69, 9.17) is 9.47 Å². The molecule has 0 saturated carbocycles. The van der Waals surface area contributed by atoms with Crippen LogP contribution in [-0.4, -0.2) is 53.4 Å². The summed E-state index contributed by atoms with van der Waals surface area (Å²) in [6.07, 6.45) is 3.07. The zero-order valence-corrected chi connectivity index (χ0v) is 14.7. The highest BCUT2D eigenvalue weighted by Crippen LogP contribution is 2.19. The third-order valence-electron chi connectivity index (χ3n) is 3.60. The SMILES string of the molecule is CC(CC1COCCN1C(=O)OC(C)(C)C)Nc1cncc(F)c1. The van der Waals surface area contributed by atoms with Crippen LogP contribution in [0.15, 0.2) is 18.5 Å². The lowest BCUT2D eigenvalue weighted by atomic mass is 10.1. The van der Waals surface area contributed by atoms with E-state index in [2.05, 4.69) is 10.3 Å². The van der Waals surface area contributed by atoms with Gasteiger partial charge in [-0.2, -0.15) is 0 Å². The summed E-state index contributed by atoms with van der Waals surface area (Å²) < 4.78 is 24.2. The molecular formula is C17H26FN3O3. The molecule has 1 aromatic heterocycles. The van der Waals surface area contributed by atoms with Gasteiger partial charge in [0.1, 0.15) is 11.4 Å². The second-order valence-electron chi connectivity index (χ2n) is 7.08. The fourth-order valence-electron chi connectivity index (χ4n) is 2.65. The number of morpholine rings is 1. The van der Waals surface area contributed by atoms with Gasteiger partial charge in [0.15, 0.2) is 0 Å². The Morgan fingerprint density at radius 3 is 2.96 bits per heavy atom. The number of ether oxygens (including phenoxy) is 2. The molecule has 1 fully saturated rings. The Morgan fingerprint density at radius 2 is 2.29 bits per heavy atom. The maximum Gasteiger partial charge on any atom is 0.410 e. The number of rotatable bonds is 4. The Hall–Kier alpha value is -1.89. The summed E-state index contributed by atoms with van der Waals surface area (Å²) in [5.41, 5.74) is 0.0832. The molecule has 0 aromatic carbocycles. The molecule has 6 nitrogen and oxygen atoms in total. The lowest BCUT2D eigenvalue weighted by Crippen LogP contribution is -2.51. The third-order valence-corrected chi connectivity index (χ3v) is 3.60. The predicted molar refractivity (Wildman–Crippen MR) is 89.4 cm³/mol. The smallest absolute Gasteiger partial charge is 0.410 e. The van der Waals surface area contributed by atoms with Crippen molar-refractivity contribution in [3.05, 3.63) is 24.3 Å². The van der Waals surface area contributed by atoms with E-state index in [1.807, 2.05) is 27.7 Å². The van der Waals surface area contributed by atoms with E-state index < -0.39 is 5.60 Å². The highest BCUT2D eigenvalue weighted by molar-refractivity contribution is 5.68. The predicted octanol–water partition coefficient (Wildman–Crippen LogP) is 3.05. The van der Waals surface area contributed by atoms with Gasteiger partial charge in [-0.25, -0.2) is 9.18 Å². The highest BCUT2D eigenvalue weighted by atomic mass is 19.1. The molecule has 24 heavy (non-hydrogen) atoms. The van der Waals surface area contributed by atoms with Crippen molar-refractivity contribution in [3.63, 3.8) is 0 Å². The maximum absolute atomic E-state index is 13.2. The van der Waals surface area contributed by atoms with Crippen LogP contribution in [0.5, 0.6) is 0 Å². The Morgan fingerprint density at radius 1 is 1.54 bits per heavy atom. The number of aromatic nitrogens is 1. The van der Waals surface area contributed by atoms with Crippen LogP contribution in [0.2, 0.25) is 0 Å². The molecule has 2 rings (SSSR count). The molecule has 1 aromatic rings. The van der Waals surface area contributed by atoms with Crippen molar-refractivity contribution >= 4 is 11.8 Å². The molecule has 2 atom stereocenters. The number of nitrogens with one attached hydrogen (secondary N) is 1. The van der Waals surface area contributed by atoms with Gasteiger partial charge < -0.3 is 19.7 Å². The van der Waals surface area contributed by atoms with Gasteiger partial charge in [0.05, 0.1) is 37.3 Å². The molecule has 1 aliphatic rings. The number of halogens is 1. The molecule has 7 heteroatoms. The van der Waals surface area contributed by atoms with Crippen molar-refractivity contribution in [2.24, 2.45) is 0 Å². The minimum absolute atomic E-state index is 0.0187. The number of carbonyl (C=O) groups is 1. The Kier molecular flexibility index (Phi) is 5.99. The van der Waals surface area contributed by atoms with Crippen LogP contribution in [-0.2, 0) is 9.47 Å². The van der Waals surface area contributed by atoms with Crippen LogP contribution in [0.1, 0.15) is 34.1 Å². The molecule has 0 bridgehead atoms. The summed E-state index contributed by atoms with van der Waals surface area (Å²) >= 11 is 0. The van der Waals surface area contributed by atoms with Crippen LogP contribution in [0, 0.1) is 5.82 Å². The monoisotopic (exact) mass is 339 g/mol. The Balaban J connectivity index is 1.96. The summed E-state index contributed by atoms with van der Waals surface area (Å²) in [5, 5.41) is 3.20. The van der Waals surface area contributed by atoms with Crippen molar-refractivity contribution in [3.8, 4) is 0 Å². The molecule has 0 aliphatic carbocycles. The van der Waals surface area contributed by atoms with E-state index in [-0.39, 0.29) is 24.0 Å². The van der Waals surface area contributed by atoms with E-state index in [0.717, 1.165) is 6.20 Å². The fraction of sp³-hybridized carbons (Fsp3) is 0.647. The van der Waals surface area contributed by atoms with Crippen LogP contribution >= 0.6 is 0 Å². The normalized spacial score (nSPS) is 19.7. The van der Waals surface area contributed by atoms with E-state index in [9.17, 15) is 9.18 Å². The Bertz CT molecular complexity index is 562. The number of anilines is 1. The number of hydrogen-bond acceptors (Lipinski definition) is 5. The van der Waals surface area contributed by atoms with Crippen molar-refractivity contribution < 1.29 is 18.7 Å². The van der Waals surface area contributed by atoms with Gasteiger partial charge in [-0.1, -0.05) is 0 Å². The standard InChI is InChI=1S/C17H26FN3O3/c1-12(20-14-8-13(18)9-19-10-14)7-15-11-23-6-5-21(15)16(22)24-17(2,3)4/h8-10,12,15,20H,5-7,11H2,1-4H3. The average molecular weight is 339 g/mol. The Labute approximate surface area is 142 Å². The summed E-state index contributed by atoms with van der Waals surface area (Å²) in [6, 6.07) is 1.33. The molecule has 1 aliphatic heterocycles. The van der Waals surface area contributed by atoms with Gasteiger partial charge in [-0.15, -0.1) is 0 Å². The first-order chi connectivity index (χ1) is 11.2. The topological polar surface area (TPSA) is 63.7 Å². The van der Waals surface area contributed by atoms with E-state index in [1.165, 1.54) is 6.07 Å². The van der Waals surface area contributed by atoms with Crippen molar-refractivity contribution in [1.82, 2.24) is 9.88 Å². The van der Waals surface area contributed by atoms with Gasteiger partial charge in [-0.3, -0.25) is 4.98 Å². The summed E-state index contributed by atoms with van der Waals surface area (Å²) in [7, 11) is 0. The van der Waals surface area contributed by atoms with Gasteiger partial charge in [0.2, 0.25) is 0 Å². The molecular weight excluding hydrogens is 313 g/mol. The summed E-state index contributed by atoms with van der Waals surface area (Å²) in [5.74, 6) is -0.386. The number of hydrogen-bond donors (Lipinski definition) is 1. The quantitative estimate of drug-likeness (QED) is 0.913. The minimum Gasteiger partial charge on any atom is -0.444 e. The van der Waals surface area contributed by atoms with Crippen LogP contribution in [0.25, 0.3) is 0 Å². The number of carbonyl (C=O) groups excluding carboxylic acids is 1. The minimum atomic E-state index is -0.531. The first-order valence-corrected chi connectivity index (χ1v) is 8.19. The van der Waals surface area contributed by atoms with Crippen LogP contribution in [0.4, 0.5) is 14.9 Å². The summed E-state index contributed by atoms with van der Waals surface area (Å²) in [6.45, 7) is 9.00. The van der Waals surface area contributed by atoms with Gasteiger partial charge in [0.25, 0.3) is 0 Å². The van der Waals surface area contributed by atoms with E-state index in [0.29, 0.717) is 31.9 Å². The van der Waals surface area contributed by atoms with Crippen LogP contribution in [0.3, 0.4) is 0 Å². The van der Waals surface area contributed by atoms with Crippen molar-refractivity contribution in [1.29, 1.82) is 0 Å². The molecule has 0 spiro atoms.